The Kier molecular flexibility index (Phi) is 3.81. The summed E-state index contributed by atoms with van der Waals surface area (Å²) in [6, 6.07) is 6.97. The van der Waals surface area contributed by atoms with E-state index in [0.717, 1.165) is 5.56 Å². The maximum Gasteiger partial charge on any atom is 0.389 e. The molecule has 4 heteroatoms. The van der Waals surface area contributed by atoms with Crippen LogP contribution in [0.15, 0.2) is 24.3 Å². The lowest BCUT2D eigenvalue weighted by Crippen LogP contribution is -2.07. The SMILES string of the molecule is FC(F)(F)CCCc1ccccc1Cl. The Morgan fingerprint density at radius 2 is 1.79 bits per heavy atom. The van der Waals surface area contributed by atoms with E-state index in [4.69, 9.17) is 11.6 Å². The van der Waals surface area contributed by atoms with Gasteiger partial charge in [0.15, 0.2) is 0 Å². The Hall–Kier alpha value is -0.700. The highest BCUT2D eigenvalue weighted by Crippen LogP contribution is 2.24. The highest BCUT2D eigenvalue weighted by Gasteiger charge is 2.25. The zero-order valence-corrected chi connectivity index (χ0v) is 8.20. The van der Waals surface area contributed by atoms with Gasteiger partial charge in [-0.1, -0.05) is 29.8 Å². The van der Waals surface area contributed by atoms with Crippen LogP contribution >= 0.6 is 11.6 Å². The van der Waals surface area contributed by atoms with Crippen LogP contribution in [0.25, 0.3) is 0 Å². The Bertz CT molecular complexity index is 294. The average Bonchev–Trinajstić information content (AvgIpc) is 2.06. The van der Waals surface area contributed by atoms with Crippen molar-refractivity contribution in [3.05, 3.63) is 34.9 Å². The molecule has 0 radical (unpaired) electrons. The van der Waals surface area contributed by atoms with Gasteiger partial charge in [-0.05, 0) is 24.5 Å². The molecule has 0 saturated carbocycles. The van der Waals surface area contributed by atoms with Crippen molar-refractivity contribution in [3.63, 3.8) is 0 Å². The van der Waals surface area contributed by atoms with Gasteiger partial charge in [0, 0.05) is 11.4 Å². The Labute approximate surface area is 85.7 Å². The smallest absolute Gasteiger partial charge is 0.171 e. The van der Waals surface area contributed by atoms with Crippen LogP contribution in [0.1, 0.15) is 18.4 Å². The third kappa shape index (κ3) is 4.01. The topological polar surface area (TPSA) is 0 Å². The van der Waals surface area contributed by atoms with Crippen molar-refractivity contribution in [1.29, 1.82) is 0 Å². The molecule has 0 amide bonds. The fourth-order valence-corrected chi connectivity index (χ4v) is 1.41. The normalized spacial score (nSPS) is 11.7. The van der Waals surface area contributed by atoms with E-state index in [9.17, 15) is 13.2 Å². The Morgan fingerprint density at radius 3 is 2.36 bits per heavy atom. The van der Waals surface area contributed by atoms with Gasteiger partial charge in [-0.3, -0.25) is 0 Å². The van der Waals surface area contributed by atoms with Gasteiger partial charge in [0.1, 0.15) is 0 Å². The summed E-state index contributed by atoms with van der Waals surface area (Å²) in [6.07, 6.45) is -4.36. The summed E-state index contributed by atoms with van der Waals surface area (Å²) in [5, 5.41) is 0.537. The average molecular weight is 223 g/mol. The molecule has 0 nitrogen and oxygen atoms in total. The largest absolute Gasteiger partial charge is 0.389 e. The summed E-state index contributed by atoms with van der Waals surface area (Å²) < 4.78 is 35.5. The molecule has 0 unspecified atom stereocenters. The second kappa shape index (κ2) is 4.69. The molecule has 0 fully saturated rings. The Morgan fingerprint density at radius 1 is 1.14 bits per heavy atom. The van der Waals surface area contributed by atoms with Gasteiger partial charge < -0.3 is 0 Å². The van der Waals surface area contributed by atoms with Crippen LogP contribution in [0.5, 0.6) is 0 Å². The molecular weight excluding hydrogens is 213 g/mol. The highest BCUT2D eigenvalue weighted by molar-refractivity contribution is 6.31. The molecule has 14 heavy (non-hydrogen) atoms. The first-order valence-electron chi connectivity index (χ1n) is 4.29. The number of benzene rings is 1. The van der Waals surface area contributed by atoms with Gasteiger partial charge in [0.25, 0.3) is 0 Å². The summed E-state index contributed by atoms with van der Waals surface area (Å²) in [5.74, 6) is 0. The van der Waals surface area contributed by atoms with Gasteiger partial charge >= 0.3 is 6.18 Å². The molecule has 1 aromatic carbocycles. The minimum atomic E-state index is -4.07. The van der Waals surface area contributed by atoms with Crippen LogP contribution in [-0.2, 0) is 6.42 Å². The zero-order valence-electron chi connectivity index (χ0n) is 7.44. The van der Waals surface area contributed by atoms with Crippen LogP contribution in [0.3, 0.4) is 0 Å². The first kappa shape index (κ1) is 11.4. The van der Waals surface area contributed by atoms with Crippen LogP contribution < -0.4 is 0 Å². The van der Waals surface area contributed by atoms with E-state index in [-0.39, 0.29) is 6.42 Å². The van der Waals surface area contributed by atoms with Gasteiger partial charge in [-0.15, -0.1) is 0 Å². The standard InChI is InChI=1S/C10H10ClF3/c11-9-6-2-1-4-8(9)5-3-7-10(12,13)14/h1-2,4,6H,3,5,7H2. The van der Waals surface area contributed by atoms with Crippen LogP contribution in [0.2, 0.25) is 5.02 Å². The molecule has 78 valence electrons. The van der Waals surface area contributed by atoms with Crippen LogP contribution in [0.4, 0.5) is 13.2 Å². The molecule has 0 saturated heterocycles. The molecule has 0 spiro atoms. The quantitative estimate of drug-likeness (QED) is 0.718. The number of halogens is 4. The van der Waals surface area contributed by atoms with Crippen molar-refractivity contribution < 1.29 is 13.2 Å². The predicted molar refractivity (Wildman–Crippen MR) is 50.4 cm³/mol. The maximum absolute atomic E-state index is 11.8. The van der Waals surface area contributed by atoms with E-state index in [0.29, 0.717) is 11.4 Å². The molecular formula is C10H10ClF3. The molecule has 0 aliphatic rings. The third-order valence-corrected chi connectivity index (χ3v) is 2.23. The highest BCUT2D eigenvalue weighted by atomic mass is 35.5. The Balaban J connectivity index is 2.43. The number of hydrogen-bond donors (Lipinski definition) is 0. The molecule has 0 bridgehead atoms. The molecule has 1 aromatic rings. The van der Waals surface area contributed by atoms with Crippen molar-refractivity contribution in [2.45, 2.75) is 25.4 Å². The molecule has 0 atom stereocenters. The first-order valence-corrected chi connectivity index (χ1v) is 4.67. The van der Waals surface area contributed by atoms with Gasteiger partial charge in [-0.2, -0.15) is 13.2 Å². The van der Waals surface area contributed by atoms with Crippen molar-refractivity contribution >= 4 is 11.6 Å². The van der Waals surface area contributed by atoms with E-state index in [2.05, 4.69) is 0 Å². The van der Waals surface area contributed by atoms with E-state index in [1.165, 1.54) is 0 Å². The molecule has 0 aliphatic carbocycles. The minimum Gasteiger partial charge on any atom is -0.171 e. The second-order valence-corrected chi connectivity index (χ2v) is 3.47. The summed E-state index contributed by atoms with van der Waals surface area (Å²) in [6.45, 7) is 0. The monoisotopic (exact) mass is 222 g/mol. The third-order valence-electron chi connectivity index (χ3n) is 1.86. The predicted octanol–water partition coefficient (Wildman–Crippen LogP) is 4.23. The van der Waals surface area contributed by atoms with E-state index >= 15 is 0 Å². The number of aryl methyl sites for hydroxylation is 1. The summed E-state index contributed by atoms with van der Waals surface area (Å²) >= 11 is 5.79. The van der Waals surface area contributed by atoms with E-state index in [1.807, 2.05) is 0 Å². The lowest BCUT2D eigenvalue weighted by molar-refractivity contribution is -0.135. The van der Waals surface area contributed by atoms with Crippen LogP contribution in [0, 0.1) is 0 Å². The van der Waals surface area contributed by atoms with Crippen molar-refractivity contribution in [2.75, 3.05) is 0 Å². The zero-order chi connectivity index (χ0) is 10.6. The lowest BCUT2D eigenvalue weighted by Gasteiger charge is -2.06. The fourth-order valence-electron chi connectivity index (χ4n) is 1.18. The summed E-state index contributed by atoms with van der Waals surface area (Å²) in [4.78, 5) is 0. The molecule has 1 rings (SSSR count). The first-order chi connectivity index (χ1) is 6.49. The van der Waals surface area contributed by atoms with Crippen molar-refractivity contribution in [3.8, 4) is 0 Å². The molecule has 0 heterocycles. The fraction of sp³-hybridized carbons (Fsp3) is 0.400. The number of hydrogen-bond acceptors (Lipinski definition) is 0. The van der Waals surface area contributed by atoms with Gasteiger partial charge in [0.2, 0.25) is 0 Å². The van der Waals surface area contributed by atoms with Crippen molar-refractivity contribution in [2.24, 2.45) is 0 Å². The van der Waals surface area contributed by atoms with Gasteiger partial charge in [0.05, 0.1) is 0 Å². The van der Waals surface area contributed by atoms with Crippen LogP contribution in [-0.4, -0.2) is 6.18 Å². The maximum atomic E-state index is 11.8. The number of alkyl halides is 3. The molecule has 0 N–H and O–H groups in total. The molecule has 0 aromatic heterocycles. The second-order valence-electron chi connectivity index (χ2n) is 3.06. The summed E-state index contributed by atoms with van der Waals surface area (Å²) in [5.41, 5.74) is 0.776. The lowest BCUT2D eigenvalue weighted by atomic mass is 10.1. The van der Waals surface area contributed by atoms with Gasteiger partial charge in [-0.25, -0.2) is 0 Å². The van der Waals surface area contributed by atoms with E-state index in [1.54, 1.807) is 24.3 Å². The molecule has 0 aliphatic heterocycles. The number of rotatable bonds is 3. The minimum absolute atomic E-state index is 0.0905. The van der Waals surface area contributed by atoms with E-state index < -0.39 is 12.6 Å². The summed E-state index contributed by atoms with van der Waals surface area (Å²) in [7, 11) is 0. The van der Waals surface area contributed by atoms with Crippen molar-refractivity contribution in [1.82, 2.24) is 0 Å².